The molecule has 0 aliphatic heterocycles. The molecule has 0 N–H and O–H groups in total. The molecule has 0 radical (unpaired) electrons. The summed E-state index contributed by atoms with van der Waals surface area (Å²) in [5, 5.41) is 1.54. The van der Waals surface area contributed by atoms with Crippen LogP contribution in [0.1, 0.15) is 27.8 Å². The van der Waals surface area contributed by atoms with Gasteiger partial charge in [-0.1, -0.05) is 28.1 Å². The molecule has 0 aliphatic rings. The molecule has 2 aromatic rings. The molecule has 0 saturated heterocycles. The van der Waals surface area contributed by atoms with Crippen LogP contribution in [-0.2, 0) is 10.1 Å². The van der Waals surface area contributed by atoms with Gasteiger partial charge in [-0.05, 0) is 17.7 Å². The third-order valence-electron chi connectivity index (χ3n) is 2.73. The number of nitrogens with zero attached hydrogens (tertiary/aromatic N) is 1. The lowest BCUT2D eigenvalue weighted by atomic mass is 10.2. The monoisotopic (exact) mass is 309 g/mol. The van der Waals surface area contributed by atoms with E-state index < -0.39 is 5.97 Å². The zero-order valence-corrected chi connectivity index (χ0v) is 11.7. The summed E-state index contributed by atoms with van der Waals surface area (Å²) >= 11 is 3.37. The average Bonchev–Trinajstić information content (AvgIpc) is 2.75. The zero-order chi connectivity index (χ0) is 13.3. The lowest BCUT2D eigenvalue weighted by Crippen LogP contribution is -2.14. The smallest absolute Gasteiger partial charge is 0.355 e. The molecule has 0 amide bonds. The maximum Gasteiger partial charge on any atom is 0.355 e. The molecule has 4 nitrogen and oxygen atoms in total. The number of halogens is 1. The van der Waals surface area contributed by atoms with Gasteiger partial charge in [0, 0.05) is 17.6 Å². The van der Waals surface area contributed by atoms with E-state index in [1.807, 2.05) is 18.2 Å². The Morgan fingerprint density at radius 3 is 2.61 bits per heavy atom. The van der Waals surface area contributed by atoms with Crippen LogP contribution < -0.4 is 0 Å². The fourth-order valence-corrected chi connectivity index (χ4v) is 2.27. The predicted octanol–water partition coefficient (Wildman–Crippen LogP) is 2.98. The van der Waals surface area contributed by atoms with Gasteiger partial charge in [0.2, 0.25) is 5.91 Å². The molecule has 0 bridgehead atoms. The second-order valence-electron chi connectivity index (χ2n) is 3.90. The van der Waals surface area contributed by atoms with Crippen molar-refractivity contribution in [3.8, 4) is 0 Å². The molecule has 1 heterocycles. The van der Waals surface area contributed by atoms with E-state index in [2.05, 4.69) is 15.9 Å². The summed E-state index contributed by atoms with van der Waals surface area (Å²) in [5.74, 6) is -0.723. The molecule has 0 fully saturated rings. The predicted molar refractivity (Wildman–Crippen MR) is 72.2 cm³/mol. The fraction of sp³-hybridized carbons (Fsp3) is 0.231. The summed E-state index contributed by atoms with van der Waals surface area (Å²) in [6.45, 7) is 1.42. The summed E-state index contributed by atoms with van der Waals surface area (Å²) in [6.07, 6.45) is 0. The number of carbonyl (C=O) groups excluding carboxylic acids is 2. The van der Waals surface area contributed by atoms with E-state index in [1.165, 1.54) is 18.6 Å². The summed E-state index contributed by atoms with van der Waals surface area (Å²) in [5.41, 5.74) is 2.02. The number of hydrogen-bond acceptors (Lipinski definition) is 3. The molecule has 2 rings (SSSR count). The standard InChI is InChI=1S/C13H12BrNO3/c1-8(16)15-11-5-9(7-14)3-4-10(11)6-12(15)13(17)18-2/h3-6H,7H2,1-2H3. The summed E-state index contributed by atoms with van der Waals surface area (Å²) in [4.78, 5) is 23.4. The Balaban J connectivity index is 2.76. The Hall–Kier alpha value is -1.62. The van der Waals surface area contributed by atoms with E-state index in [0.717, 1.165) is 16.5 Å². The molecule has 0 aliphatic carbocycles. The Labute approximate surface area is 113 Å². The van der Waals surface area contributed by atoms with Crippen LogP contribution in [0, 0.1) is 0 Å². The normalized spacial score (nSPS) is 10.6. The molecular formula is C13H12BrNO3. The van der Waals surface area contributed by atoms with Crippen molar-refractivity contribution in [1.29, 1.82) is 0 Å². The van der Waals surface area contributed by atoms with Crippen LogP contribution in [0.25, 0.3) is 10.9 Å². The number of carbonyl (C=O) groups is 2. The number of methoxy groups -OCH3 is 1. The number of alkyl halides is 1. The molecule has 1 aromatic carbocycles. The van der Waals surface area contributed by atoms with Crippen molar-refractivity contribution in [2.24, 2.45) is 0 Å². The topological polar surface area (TPSA) is 48.3 Å². The molecule has 0 spiro atoms. The van der Waals surface area contributed by atoms with Crippen LogP contribution >= 0.6 is 15.9 Å². The first-order chi connectivity index (χ1) is 8.58. The molecule has 18 heavy (non-hydrogen) atoms. The van der Waals surface area contributed by atoms with Gasteiger partial charge in [-0.15, -0.1) is 0 Å². The number of fused-ring (bicyclic) bond motifs is 1. The summed E-state index contributed by atoms with van der Waals surface area (Å²) in [7, 11) is 1.30. The Bertz CT molecular complexity index is 630. The van der Waals surface area contributed by atoms with Crippen molar-refractivity contribution < 1.29 is 14.3 Å². The van der Waals surface area contributed by atoms with Crippen molar-refractivity contribution in [2.45, 2.75) is 12.3 Å². The number of hydrogen-bond donors (Lipinski definition) is 0. The number of esters is 1. The minimum Gasteiger partial charge on any atom is -0.464 e. The highest BCUT2D eigenvalue weighted by Gasteiger charge is 2.18. The molecule has 0 unspecified atom stereocenters. The van der Waals surface area contributed by atoms with Gasteiger partial charge < -0.3 is 4.74 Å². The number of benzene rings is 1. The molecular weight excluding hydrogens is 298 g/mol. The van der Waals surface area contributed by atoms with Crippen LogP contribution in [-0.4, -0.2) is 23.6 Å². The Kier molecular flexibility index (Phi) is 3.52. The fourth-order valence-electron chi connectivity index (χ4n) is 1.92. The van der Waals surface area contributed by atoms with Crippen LogP contribution in [0.15, 0.2) is 24.3 Å². The van der Waals surface area contributed by atoms with E-state index in [1.54, 1.807) is 6.07 Å². The maximum atomic E-state index is 11.7. The van der Waals surface area contributed by atoms with Crippen LogP contribution in [0.4, 0.5) is 0 Å². The van der Waals surface area contributed by atoms with Crippen molar-refractivity contribution in [3.05, 3.63) is 35.5 Å². The van der Waals surface area contributed by atoms with Gasteiger partial charge in [-0.3, -0.25) is 9.36 Å². The van der Waals surface area contributed by atoms with Crippen molar-refractivity contribution in [1.82, 2.24) is 4.57 Å². The van der Waals surface area contributed by atoms with Gasteiger partial charge in [0.25, 0.3) is 0 Å². The van der Waals surface area contributed by atoms with E-state index in [-0.39, 0.29) is 11.6 Å². The third kappa shape index (κ3) is 2.06. The highest BCUT2D eigenvalue weighted by molar-refractivity contribution is 9.08. The summed E-state index contributed by atoms with van der Waals surface area (Å²) in [6, 6.07) is 7.39. The zero-order valence-electron chi connectivity index (χ0n) is 10.1. The first-order valence-electron chi connectivity index (χ1n) is 5.38. The number of ether oxygens (including phenoxy) is 1. The second kappa shape index (κ2) is 4.94. The molecule has 5 heteroatoms. The minimum absolute atomic E-state index is 0.211. The van der Waals surface area contributed by atoms with Crippen LogP contribution in [0.2, 0.25) is 0 Å². The highest BCUT2D eigenvalue weighted by Crippen LogP contribution is 2.23. The van der Waals surface area contributed by atoms with Crippen LogP contribution in [0.3, 0.4) is 0 Å². The van der Waals surface area contributed by atoms with Gasteiger partial charge in [-0.2, -0.15) is 0 Å². The van der Waals surface area contributed by atoms with Crippen molar-refractivity contribution >= 4 is 38.7 Å². The van der Waals surface area contributed by atoms with Crippen molar-refractivity contribution in [3.63, 3.8) is 0 Å². The SMILES string of the molecule is COC(=O)c1cc2ccc(CBr)cc2n1C(C)=O. The van der Waals surface area contributed by atoms with E-state index in [0.29, 0.717) is 5.33 Å². The highest BCUT2D eigenvalue weighted by atomic mass is 79.9. The molecule has 1 aromatic heterocycles. The van der Waals surface area contributed by atoms with Gasteiger partial charge in [0.15, 0.2) is 0 Å². The van der Waals surface area contributed by atoms with Gasteiger partial charge in [0.1, 0.15) is 5.69 Å². The number of aromatic nitrogens is 1. The van der Waals surface area contributed by atoms with Crippen LogP contribution in [0.5, 0.6) is 0 Å². The van der Waals surface area contributed by atoms with E-state index in [4.69, 9.17) is 4.74 Å². The van der Waals surface area contributed by atoms with Gasteiger partial charge >= 0.3 is 5.97 Å². The average molecular weight is 310 g/mol. The van der Waals surface area contributed by atoms with E-state index >= 15 is 0 Å². The minimum atomic E-state index is -0.512. The lowest BCUT2D eigenvalue weighted by Gasteiger charge is -2.05. The molecule has 0 saturated carbocycles. The first kappa shape index (κ1) is 12.8. The Morgan fingerprint density at radius 1 is 1.33 bits per heavy atom. The summed E-state index contributed by atoms with van der Waals surface area (Å²) < 4.78 is 6.07. The van der Waals surface area contributed by atoms with Crippen molar-refractivity contribution in [2.75, 3.05) is 7.11 Å². The lowest BCUT2D eigenvalue weighted by molar-refractivity contribution is 0.0583. The molecule has 0 atom stereocenters. The Morgan fingerprint density at radius 2 is 2.06 bits per heavy atom. The van der Waals surface area contributed by atoms with E-state index in [9.17, 15) is 9.59 Å². The number of rotatable bonds is 2. The third-order valence-corrected chi connectivity index (χ3v) is 3.38. The largest absolute Gasteiger partial charge is 0.464 e. The molecule has 94 valence electrons. The van der Waals surface area contributed by atoms with Gasteiger partial charge in [-0.25, -0.2) is 4.79 Å². The first-order valence-corrected chi connectivity index (χ1v) is 6.50. The van der Waals surface area contributed by atoms with Gasteiger partial charge in [0.05, 0.1) is 12.6 Å². The quantitative estimate of drug-likeness (QED) is 0.633. The maximum absolute atomic E-state index is 11.7. The second-order valence-corrected chi connectivity index (χ2v) is 4.46.